The van der Waals surface area contributed by atoms with Gasteiger partial charge in [-0.3, -0.25) is 0 Å². The van der Waals surface area contributed by atoms with E-state index in [0.717, 1.165) is 37.5 Å². The van der Waals surface area contributed by atoms with E-state index in [-0.39, 0.29) is 0 Å². The first kappa shape index (κ1) is 13.7. The van der Waals surface area contributed by atoms with Crippen LogP contribution in [-0.4, -0.2) is 32.0 Å². The first-order chi connectivity index (χ1) is 9.76. The van der Waals surface area contributed by atoms with Crippen molar-refractivity contribution in [1.29, 1.82) is 0 Å². The molecule has 110 valence electrons. The molecule has 2 aliphatic rings. The van der Waals surface area contributed by atoms with Crippen LogP contribution in [0.1, 0.15) is 37.3 Å². The predicted molar refractivity (Wildman–Crippen MR) is 77.2 cm³/mol. The minimum Gasteiger partial charge on any atom is -0.497 e. The molecule has 0 aromatic heterocycles. The summed E-state index contributed by atoms with van der Waals surface area (Å²) in [7, 11) is 1.69. The predicted octanol–water partition coefficient (Wildman–Crippen LogP) is 2.27. The van der Waals surface area contributed by atoms with Crippen LogP contribution < -0.4 is 14.8 Å². The third-order valence-electron chi connectivity index (χ3n) is 4.58. The maximum Gasteiger partial charge on any atom is 0.124 e. The van der Waals surface area contributed by atoms with Gasteiger partial charge in [-0.15, -0.1) is 0 Å². The van der Waals surface area contributed by atoms with Crippen LogP contribution in [-0.2, 0) is 0 Å². The molecule has 1 aliphatic heterocycles. The number of benzene rings is 1. The van der Waals surface area contributed by atoms with Crippen LogP contribution in [0.3, 0.4) is 0 Å². The summed E-state index contributed by atoms with van der Waals surface area (Å²) in [5.41, 5.74) is 1.53. The number of methoxy groups -OCH3 is 1. The van der Waals surface area contributed by atoms with Gasteiger partial charge in [0.1, 0.15) is 11.5 Å². The number of aliphatic hydroxyl groups excluding tert-OH is 1. The van der Waals surface area contributed by atoms with Crippen molar-refractivity contribution in [3.8, 4) is 11.5 Å². The van der Waals surface area contributed by atoms with Gasteiger partial charge in [-0.1, -0.05) is 0 Å². The molecule has 1 aromatic carbocycles. The smallest absolute Gasteiger partial charge is 0.124 e. The lowest BCUT2D eigenvalue weighted by Gasteiger charge is -2.29. The van der Waals surface area contributed by atoms with Crippen molar-refractivity contribution >= 4 is 0 Å². The first-order valence-corrected chi connectivity index (χ1v) is 7.41. The van der Waals surface area contributed by atoms with E-state index in [1.165, 1.54) is 18.4 Å². The van der Waals surface area contributed by atoms with Crippen molar-refractivity contribution in [2.75, 3.05) is 26.9 Å². The first-order valence-electron chi connectivity index (χ1n) is 7.41. The Morgan fingerprint density at radius 1 is 1.45 bits per heavy atom. The maximum absolute atomic E-state index is 9.14. The molecule has 1 aliphatic carbocycles. The fraction of sp³-hybridized carbons (Fsp3) is 0.625. The zero-order valence-corrected chi connectivity index (χ0v) is 12.0. The van der Waals surface area contributed by atoms with Gasteiger partial charge in [-0.05, 0) is 42.9 Å². The molecular formula is C16H23NO3. The van der Waals surface area contributed by atoms with Crippen LogP contribution in [0.15, 0.2) is 18.2 Å². The van der Waals surface area contributed by atoms with E-state index in [1.807, 2.05) is 12.1 Å². The van der Waals surface area contributed by atoms with Crippen LogP contribution in [0.2, 0.25) is 0 Å². The van der Waals surface area contributed by atoms with Gasteiger partial charge in [0.25, 0.3) is 0 Å². The van der Waals surface area contributed by atoms with Gasteiger partial charge < -0.3 is 19.9 Å². The number of hydrogen-bond donors (Lipinski definition) is 2. The molecule has 4 nitrogen and oxygen atoms in total. The fourth-order valence-electron chi connectivity index (χ4n) is 2.98. The Morgan fingerprint density at radius 2 is 2.30 bits per heavy atom. The number of hydrogen-bond acceptors (Lipinski definition) is 4. The fourth-order valence-corrected chi connectivity index (χ4v) is 2.98. The van der Waals surface area contributed by atoms with Crippen LogP contribution in [0.4, 0.5) is 0 Å². The summed E-state index contributed by atoms with van der Waals surface area (Å²) in [5, 5.41) is 12.8. The molecule has 1 unspecified atom stereocenters. The summed E-state index contributed by atoms with van der Waals surface area (Å²) in [6.07, 6.45) is 4.35. The van der Waals surface area contributed by atoms with Crippen LogP contribution >= 0.6 is 0 Å². The standard InChI is InChI=1S/C16H23NO3/c1-19-12-2-3-15-13(10-12)14(4-9-20-15)17-11-16(5-6-16)7-8-18/h2-3,10,14,17-18H,4-9,11H2,1H3. The molecule has 1 atom stereocenters. The maximum atomic E-state index is 9.14. The average molecular weight is 277 g/mol. The molecule has 3 rings (SSSR count). The van der Waals surface area contributed by atoms with E-state index >= 15 is 0 Å². The van der Waals surface area contributed by atoms with Gasteiger partial charge in [0, 0.05) is 31.2 Å². The summed E-state index contributed by atoms with van der Waals surface area (Å²) in [6, 6.07) is 6.32. The summed E-state index contributed by atoms with van der Waals surface area (Å²) < 4.78 is 11.0. The topological polar surface area (TPSA) is 50.7 Å². The van der Waals surface area contributed by atoms with E-state index < -0.39 is 0 Å². The van der Waals surface area contributed by atoms with E-state index in [9.17, 15) is 0 Å². The van der Waals surface area contributed by atoms with Crippen LogP contribution in [0.5, 0.6) is 11.5 Å². The second-order valence-electron chi connectivity index (χ2n) is 5.95. The molecule has 0 bridgehead atoms. The van der Waals surface area contributed by atoms with Gasteiger partial charge in [-0.25, -0.2) is 0 Å². The Bertz CT molecular complexity index is 471. The largest absolute Gasteiger partial charge is 0.497 e. The van der Waals surface area contributed by atoms with Gasteiger partial charge in [0.15, 0.2) is 0 Å². The Hall–Kier alpha value is -1.26. The lowest BCUT2D eigenvalue weighted by Crippen LogP contribution is -2.32. The molecule has 1 aromatic rings. The monoisotopic (exact) mass is 277 g/mol. The molecule has 0 radical (unpaired) electrons. The zero-order valence-electron chi connectivity index (χ0n) is 12.0. The van der Waals surface area contributed by atoms with Gasteiger partial charge >= 0.3 is 0 Å². The summed E-state index contributed by atoms with van der Waals surface area (Å²) in [4.78, 5) is 0. The van der Waals surface area contributed by atoms with Crippen LogP contribution in [0, 0.1) is 5.41 Å². The number of ether oxygens (including phenoxy) is 2. The van der Waals surface area contributed by atoms with Crippen molar-refractivity contribution in [3.05, 3.63) is 23.8 Å². The molecule has 20 heavy (non-hydrogen) atoms. The number of fused-ring (bicyclic) bond motifs is 1. The second kappa shape index (κ2) is 5.62. The van der Waals surface area contributed by atoms with Crippen LogP contribution in [0.25, 0.3) is 0 Å². The Kier molecular flexibility index (Phi) is 3.85. The third kappa shape index (κ3) is 2.76. The Balaban J connectivity index is 1.69. The zero-order chi connectivity index (χ0) is 14.0. The average Bonchev–Trinajstić information content (AvgIpc) is 3.25. The molecule has 0 amide bonds. The Labute approximate surface area is 120 Å². The minimum atomic E-state index is 0.292. The third-order valence-corrected chi connectivity index (χ3v) is 4.58. The lowest BCUT2D eigenvalue weighted by atomic mass is 9.97. The van der Waals surface area contributed by atoms with Gasteiger partial charge in [0.2, 0.25) is 0 Å². The lowest BCUT2D eigenvalue weighted by molar-refractivity contribution is 0.224. The quantitative estimate of drug-likeness (QED) is 0.837. The summed E-state index contributed by atoms with van der Waals surface area (Å²) in [5.74, 6) is 1.83. The molecule has 1 saturated carbocycles. The SMILES string of the molecule is COc1ccc2c(c1)C(NCC1(CCO)CC1)CCO2. The molecule has 1 fully saturated rings. The van der Waals surface area contributed by atoms with E-state index in [0.29, 0.717) is 18.1 Å². The van der Waals surface area contributed by atoms with Gasteiger partial charge in [0.05, 0.1) is 13.7 Å². The summed E-state index contributed by atoms with van der Waals surface area (Å²) >= 11 is 0. The molecule has 4 heteroatoms. The van der Waals surface area contributed by atoms with Crippen molar-refractivity contribution in [2.45, 2.75) is 31.7 Å². The molecular weight excluding hydrogens is 254 g/mol. The van der Waals surface area contributed by atoms with E-state index in [1.54, 1.807) is 7.11 Å². The molecule has 0 spiro atoms. The highest BCUT2D eigenvalue weighted by atomic mass is 16.5. The highest BCUT2D eigenvalue weighted by Crippen LogP contribution is 2.48. The van der Waals surface area contributed by atoms with Crippen molar-refractivity contribution in [1.82, 2.24) is 5.32 Å². The molecule has 1 heterocycles. The Morgan fingerprint density at radius 3 is 3.00 bits per heavy atom. The number of rotatable bonds is 6. The molecule has 2 N–H and O–H groups in total. The van der Waals surface area contributed by atoms with E-state index in [2.05, 4.69) is 11.4 Å². The summed E-state index contributed by atoms with van der Waals surface area (Å²) in [6.45, 7) is 2.03. The highest BCUT2D eigenvalue weighted by molar-refractivity contribution is 5.43. The number of aliphatic hydroxyl groups is 1. The second-order valence-corrected chi connectivity index (χ2v) is 5.95. The van der Waals surface area contributed by atoms with E-state index in [4.69, 9.17) is 14.6 Å². The van der Waals surface area contributed by atoms with Crippen molar-refractivity contribution in [2.24, 2.45) is 5.41 Å². The van der Waals surface area contributed by atoms with Crippen molar-refractivity contribution < 1.29 is 14.6 Å². The van der Waals surface area contributed by atoms with Crippen molar-refractivity contribution in [3.63, 3.8) is 0 Å². The molecule has 0 saturated heterocycles. The highest BCUT2D eigenvalue weighted by Gasteiger charge is 2.42. The minimum absolute atomic E-state index is 0.292. The van der Waals surface area contributed by atoms with Gasteiger partial charge in [-0.2, -0.15) is 0 Å². The number of nitrogens with one attached hydrogen (secondary N) is 1. The normalized spacial score (nSPS) is 22.8.